The Morgan fingerprint density at radius 1 is 1.15 bits per heavy atom. The van der Waals surface area contributed by atoms with E-state index in [1.54, 1.807) is 69.4 Å². The highest BCUT2D eigenvalue weighted by molar-refractivity contribution is 6.32. The number of esters is 1. The predicted molar refractivity (Wildman–Crippen MR) is 120 cm³/mol. The van der Waals surface area contributed by atoms with Crippen LogP contribution < -0.4 is 0 Å². The molecule has 1 amide bonds. The molecule has 3 heterocycles. The number of amides is 1. The van der Waals surface area contributed by atoms with Gasteiger partial charge in [0.2, 0.25) is 0 Å². The van der Waals surface area contributed by atoms with Gasteiger partial charge in [0.25, 0.3) is 0 Å². The van der Waals surface area contributed by atoms with Crippen molar-refractivity contribution in [3.05, 3.63) is 29.6 Å². The molecule has 0 radical (unpaired) electrons. The summed E-state index contributed by atoms with van der Waals surface area (Å²) in [7, 11) is 0. The Bertz CT molecular complexity index is 997. The molecule has 3 rings (SSSR count). The zero-order valence-electron chi connectivity index (χ0n) is 19.8. The minimum atomic E-state index is -0.675. The van der Waals surface area contributed by atoms with Crippen molar-refractivity contribution < 1.29 is 28.5 Å². The normalized spacial score (nSPS) is 19.5. The topological polar surface area (TPSA) is 104 Å². The summed E-state index contributed by atoms with van der Waals surface area (Å²) in [6.07, 6.45) is 3.91. The SMILES string of the molecule is CC(C)(C)OC(=O)COC[C@@H]1CO[C@@H](c2ncc3c(Cl)nccn23)CN1C(=O)OC(C)(C)C. The molecule has 0 spiro atoms. The third-order valence-electron chi connectivity index (χ3n) is 4.60. The quantitative estimate of drug-likeness (QED) is 0.597. The van der Waals surface area contributed by atoms with Gasteiger partial charge in [-0.3, -0.25) is 9.30 Å². The van der Waals surface area contributed by atoms with Gasteiger partial charge in [-0.2, -0.15) is 0 Å². The third kappa shape index (κ3) is 6.78. The molecule has 182 valence electrons. The molecule has 1 aliphatic heterocycles. The van der Waals surface area contributed by atoms with E-state index in [2.05, 4.69) is 9.97 Å². The number of hydrogen-bond acceptors (Lipinski definition) is 8. The molecule has 1 aliphatic rings. The first-order chi connectivity index (χ1) is 15.3. The Morgan fingerprint density at radius 2 is 1.85 bits per heavy atom. The zero-order chi connectivity index (χ0) is 24.4. The number of rotatable bonds is 5. The number of nitrogens with zero attached hydrogens (tertiary/aromatic N) is 4. The number of carbonyl (C=O) groups excluding carboxylic acids is 2. The number of morpholine rings is 1. The monoisotopic (exact) mass is 482 g/mol. The number of imidazole rings is 1. The fourth-order valence-electron chi connectivity index (χ4n) is 3.34. The minimum absolute atomic E-state index is 0.0866. The first-order valence-corrected chi connectivity index (χ1v) is 11.1. The fourth-order valence-corrected chi connectivity index (χ4v) is 3.54. The van der Waals surface area contributed by atoms with E-state index in [1.807, 2.05) is 0 Å². The summed E-state index contributed by atoms with van der Waals surface area (Å²) in [4.78, 5) is 35.0. The zero-order valence-corrected chi connectivity index (χ0v) is 20.6. The van der Waals surface area contributed by atoms with Gasteiger partial charge in [-0.05, 0) is 41.5 Å². The van der Waals surface area contributed by atoms with E-state index in [0.29, 0.717) is 16.5 Å². The van der Waals surface area contributed by atoms with E-state index in [4.69, 9.17) is 30.5 Å². The molecule has 0 aliphatic carbocycles. The minimum Gasteiger partial charge on any atom is -0.458 e. The van der Waals surface area contributed by atoms with Gasteiger partial charge in [0.15, 0.2) is 5.15 Å². The first-order valence-electron chi connectivity index (χ1n) is 10.7. The molecule has 0 N–H and O–H groups in total. The summed E-state index contributed by atoms with van der Waals surface area (Å²) in [6, 6.07) is -0.449. The highest BCUT2D eigenvalue weighted by atomic mass is 35.5. The van der Waals surface area contributed by atoms with Crippen LogP contribution in [0, 0.1) is 0 Å². The molecule has 10 nitrogen and oxygen atoms in total. The van der Waals surface area contributed by atoms with Crippen LogP contribution in [0.4, 0.5) is 4.79 Å². The summed E-state index contributed by atoms with van der Waals surface area (Å²) in [5.41, 5.74) is -0.633. The van der Waals surface area contributed by atoms with Gasteiger partial charge in [0.1, 0.15) is 35.3 Å². The second kappa shape index (κ2) is 9.82. The van der Waals surface area contributed by atoms with Crippen LogP contribution in [0.3, 0.4) is 0 Å². The average Bonchev–Trinajstić information content (AvgIpc) is 3.11. The summed E-state index contributed by atoms with van der Waals surface area (Å²) in [6.45, 7) is 11.0. The van der Waals surface area contributed by atoms with Crippen LogP contribution in [-0.4, -0.2) is 74.9 Å². The molecule has 2 atom stereocenters. The molecule has 11 heteroatoms. The maximum atomic E-state index is 13.0. The lowest BCUT2D eigenvalue weighted by Gasteiger charge is -2.39. The van der Waals surface area contributed by atoms with Crippen molar-refractivity contribution in [3.63, 3.8) is 0 Å². The molecular weight excluding hydrogens is 452 g/mol. The lowest BCUT2D eigenvalue weighted by Crippen LogP contribution is -2.53. The van der Waals surface area contributed by atoms with E-state index < -0.39 is 35.4 Å². The van der Waals surface area contributed by atoms with Crippen molar-refractivity contribution in [1.82, 2.24) is 19.3 Å². The predicted octanol–water partition coefficient (Wildman–Crippen LogP) is 3.42. The largest absolute Gasteiger partial charge is 0.458 e. The number of fused-ring (bicyclic) bond motifs is 1. The van der Waals surface area contributed by atoms with Crippen molar-refractivity contribution in [2.24, 2.45) is 0 Å². The van der Waals surface area contributed by atoms with Crippen molar-refractivity contribution in [2.45, 2.75) is 64.9 Å². The van der Waals surface area contributed by atoms with E-state index in [9.17, 15) is 9.59 Å². The van der Waals surface area contributed by atoms with Gasteiger partial charge in [0, 0.05) is 12.4 Å². The van der Waals surface area contributed by atoms with Gasteiger partial charge in [-0.1, -0.05) is 11.6 Å². The maximum absolute atomic E-state index is 13.0. The van der Waals surface area contributed by atoms with Crippen molar-refractivity contribution in [2.75, 3.05) is 26.4 Å². The van der Waals surface area contributed by atoms with E-state index in [-0.39, 0.29) is 26.4 Å². The van der Waals surface area contributed by atoms with E-state index >= 15 is 0 Å². The van der Waals surface area contributed by atoms with Gasteiger partial charge < -0.3 is 18.9 Å². The number of carbonyl (C=O) groups is 2. The lowest BCUT2D eigenvalue weighted by molar-refractivity contribution is -0.161. The molecular formula is C22H31ClN4O6. The second-order valence-corrected chi connectivity index (χ2v) is 10.2. The molecule has 33 heavy (non-hydrogen) atoms. The molecule has 2 aromatic rings. The summed E-state index contributed by atoms with van der Waals surface area (Å²) >= 11 is 6.16. The number of aromatic nitrogens is 3. The van der Waals surface area contributed by atoms with E-state index in [1.165, 1.54) is 0 Å². The van der Waals surface area contributed by atoms with Gasteiger partial charge in [0.05, 0.1) is 32.0 Å². The lowest BCUT2D eigenvalue weighted by atomic mass is 10.1. The summed E-state index contributed by atoms with van der Waals surface area (Å²) < 4.78 is 24.2. The Labute approximate surface area is 198 Å². The van der Waals surface area contributed by atoms with Gasteiger partial charge in [-0.15, -0.1) is 0 Å². The highest BCUT2D eigenvalue weighted by Gasteiger charge is 2.37. The summed E-state index contributed by atoms with van der Waals surface area (Å²) in [5, 5.41) is 0.324. The number of hydrogen-bond donors (Lipinski definition) is 0. The molecule has 2 aromatic heterocycles. The smallest absolute Gasteiger partial charge is 0.410 e. The van der Waals surface area contributed by atoms with Crippen LogP contribution in [0.2, 0.25) is 5.15 Å². The molecule has 0 aromatic carbocycles. The molecule has 1 fully saturated rings. The summed E-state index contributed by atoms with van der Waals surface area (Å²) in [5.74, 6) is 0.117. The number of halogens is 1. The van der Waals surface area contributed by atoms with Gasteiger partial charge >= 0.3 is 12.1 Å². The number of ether oxygens (including phenoxy) is 4. The van der Waals surface area contributed by atoms with Crippen LogP contribution in [0.25, 0.3) is 5.52 Å². The highest BCUT2D eigenvalue weighted by Crippen LogP contribution is 2.28. The van der Waals surface area contributed by atoms with Crippen LogP contribution in [0.1, 0.15) is 53.5 Å². The molecule has 0 unspecified atom stereocenters. The molecule has 1 saturated heterocycles. The van der Waals surface area contributed by atoms with Crippen LogP contribution in [0.15, 0.2) is 18.6 Å². The van der Waals surface area contributed by atoms with Crippen molar-refractivity contribution in [1.29, 1.82) is 0 Å². The van der Waals surface area contributed by atoms with Crippen molar-refractivity contribution in [3.8, 4) is 0 Å². The van der Waals surface area contributed by atoms with Crippen LogP contribution >= 0.6 is 11.6 Å². The first kappa shape index (κ1) is 25.2. The Morgan fingerprint density at radius 3 is 2.52 bits per heavy atom. The molecule has 0 bridgehead atoms. The van der Waals surface area contributed by atoms with Crippen LogP contribution in [0.5, 0.6) is 0 Å². The molecule has 0 saturated carbocycles. The second-order valence-electron chi connectivity index (χ2n) is 9.80. The van der Waals surface area contributed by atoms with Gasteiger partial charge in [-0.25, -0.2) is 19.6 Å². The van der Waals surface area contributed by atoms with Crippen LogP contribution in [-0.2, 0) is 23.7 Å². The Kier molecular flexibility index (Phi) is 7.50. The standard InChI is InChI=1S/C22H31ClN4O6/c1-21(2,3)32-17(28)13-30-11-14-12-31-16(10-27(14)20(29)33-22(4,5)6)19-25-9-15-18(23)24-7-8-26(15)19/h7-9,14,16H,10-13H2,1-6H3/t14-,16-/m1/s1. The Hall–Kier alpha value is -2.43. The fraction of sp³-hybridized carbons (Fsp3) is 0.636. The average molecular weight is 483 g/mol. The third-order valence-corrected chi connectivity index (χ3v) is 4.89. The van der Waals surface area contributed by atoms with Crippen molar-refractivity contribution >= 4 is 29.2 Å². The van der Waals surface area contributed by atoms with E-state index in [0.717, 1.165) is 0 Å². The Balaban J connectivity index is 1.73. The maximum Gasteiger partial charge on any atom is 0.410 e.